The van der Waals surface area contributed by atoms with Crippen molar-refractivity contribution in [2.24, 2.45) is 0 Å². The molecule has 2 nitrogen and oxygen atoms in total. The molecule has 0 aromatic carbocycles. The van der Waals surface area contributed by atoms with E-state index in [0.29, 0.717) is 0 Å². The number of halogens is 3. The van der Waals surface area contributed by atoms with E-state index in [1.807, 2.05) is 5.38 Å². The average Bonchev–Trinajstić information content (AvgIpc) is 2.66. The van der Waals surface area contributed by atoms with E-state index >= 15 is 0 Å². The van der Waals surface area contributed by atoms with Gasteiger partial charge in [-0.25, -0.2) is 0 Å². The molecule has 0 spiro atoms. The van der Waals surface area contributed by atoms with Gasteiger partial charge in [0.1, 0.15) is 0 Å². The fraction of sp³-hybridized carbons (Fsp3) is 0.636. The van der Waals surface area contributed by atoms with Crippen molar-refractivity contribution in [2.75, 3.05) is 0 Å². The highest BCUT2D eigenvalue weighted by Crippen LogP contribution is 2.42. The number of thiophene rings is 1. The molecule has 1 aromatic heterocycles. The molecule has 1 aliphatic heterocycles. The van der Waals surface area contributed by atoms with Crippen LogP contribution in [-0.4, -0.2) is 18.1 Å². The van der Waals surface area contributed by atoms with Crippen molar-refractivity contribution < 1.29 is 22.6 Å². The van der Waals surface area contributed by atoms with Gasteiger partial charge in [-0.05, 0) is 25.3 Å². The fourth-order valence-corrected chi connectivity index (χ4v) is 2.62. The molecule has 2 unspecified atom stereocenters. The highest BCUT2D eigenvalue weighted by atomic mass is 32.1. The smallest absolute Gasteiger partial charge is 0.342 e. The molecule has 0 bridgehead atoms. The molecular weight excluding hydrogens is 253 g/mol. The minimum absolute atomic E-state index is 0.187. The summed E-state index contributed by atoms with van der Waals surface area (Å²) < 4.78 is 48.6. The maximum absolute atomic E-state index is 12.7. The van der Waals surface area contributed by atoms with Gasteiger partial charge in [-0.3, -0.25) is 0 Å². The first kappa shape index (κ1) is 12.9. The van der Waals surface area contributed by atoms with Gasteiger partial charge in [0, 0.05) is 11.3 Å². The Balaban J connectivity index is 2.20. The molecule has 0 aliphatic carbocycles. The molecule has 1 aromatic rings. The van der Waals surface area contributed by atoms with E-state index in [4.69, 9.17) is 9.47 Å². The van der Waals surface area contributed by atoms with Gasteiger partial charge < -0.3 is 9.47 Å². The Morgan fingerprint density at radius 2 is 2.06 bits per heavy atom. The first-order valence-corrected chi connectivity index (χ1v) is 6.12. The zero-order valence-corrected chi connectivity index (χ0v) is 10.3. The van der Waals surface area contributed by atoms with Crippen LogP contribution in [0.5, 0.6) is 0 Å². The lowest BCUT2D eigenvalue weighted by atomic mass is 10.1. The molecule has 0 radical (unpaired) electrons. The van der Waals surface area contributed by atoms with Gasteiger partial charge in [0.15, 0.2) is 11.9 Å². The Labute approximate surface area is 101 Å². The second kappa shape index (κ2) is 4.26. The lowest BCUT2D eigenvalue weighted by Crippen LogP contribution is -2.47. The van der Waals surface area contributed by atoms with E-state index < -0.39 is 24.2 Å². The van der Waals surface area contributed by atoms with Crippen molar-refractivity contribution in [3.63, 3.8) is 0 Å². The molecular formula is C11H13F3O2S. The second-order valence-corrected chi connectivity index (χ2v) is 5.38. The second-order valence-electron chi connectivity index (χ2n) is 4.41. The summed E-state index contributed by atoms with van der Waals surface area (Å²) in [5.74, 6) is -1.22. The number of rotatable bonds is 1. The van der Waals surface area contributed by atoms with E-state index in [-0.39, 0.29) is 6.42 Å². The molecule has 0 amide bonds. The standard InChI is InChI=1S/C11H13F3O2S/c1-10(2)15-7(8-4-3-5-17-8)6-9(16-10)11(12,13)14/h3-5,7,9H,6H2,1-2H3. The number of alkyl halides is 3. The normalized spacial score (nSPS) is 29.2. The zero-order chi connectivity index (χ0) is 12.7. The summed E-state index contributed by atoms with van der Waals surface area (Å²) >= 11 is 1.39. The molecule has 1 saturated heterocycles. The third-order valence-corrected chi connectivity index (χ3v) is 3.47. The van der Waals surface area contributed by atoms with Crippen molar-refractivity contribution in [3.05, 3.63) is 22.4 Å². The molecule has 2 rings (SSSR count). The van der Waals surface area contributed by atoms with Crippen LogP contribution in [0.25, 0.3) is 0 Å². The van der Waals surface area contributed by atoms with Crippen LogP contribution in [0.15, 0.2) is 17.5 Å². The van der Waals surface area contributed by atoms with E-state index in [0.717, 1.165) is 4.88 Å². The predicted molar refractivity (Wildman–Crippen MR) is 57.8 cm³/mol. The molecule has 1 fully saturated rings. The predicted octanol–water partition coefficient (Wildman–Crippen LogP) is 3.89. The molecule has 6 heteroatoms. The van der Waals surface area contributed by atoms with Crippen LogP contribution in [0.2, 0.25) is 0 Å². The summed E-state index contributed by atoms with van der Waals surface area (Å²) in [4.78, 5) is 0.802. The van der Waals surface area contributed by atoms with Crippen molar-refractivity contribution in [1.29, 1.82) is 0 Å². The third-order valence-electron chi connectivity index (χ3n) is 2.51. The van der Waals surface area contributed by atoms with Gasteiger partial charge in [0.25, 0.3) is 0 Å². The highest BCUT2D eigenvalue weighted by molar-refractivity contribution is 7.10. The Morgan fingerprint density at radius 1 is 1.35 bits per heavy atom. The van der Waals surface area contributed by atoms with Crippen molar-refractivity contribution in [3.8, 4) is 0 Å². The molecule has 96 valence electrons. The molecule has 17 heavy (non-hydrogen) atoms. The maximum atomic E-state index is 12.7. The monoisotopic (exact) mass is 266 g/mol. The quantitative estimate of drug-likeness (QED) is 0.767. The van der Waals surface area contributed by atoms with Crippen LogP contribution in [-0.2, 0) is 9.47 Å². The number of hydrogen-bond donors (Lipinski definition) is 0. The minimum Gasteiger partial charge on any atom is -0.342 e. The highest BCUT2D eigenvalue weighted by Gasteiger charge is 2.49. The van der Waals surface area contributed by atoms with Crippen LogP contribution >= 0.6 is 11.3 Å². The summed E-state index contributed by atoms with van der Waals surface area (Å²) in [5.41, 5.74) is 0. The van der Waals surface area contributed by atoms with Gasteiger partial charge in [-0.1, -0.05) is 6.07 Å². The topological polar surface area (TPSA) is 18.5 Å². The minimum atomic E-state index is -4.35. The SMILES string of the molecule is CC1(C)OC(c2cccs2)CC(C(F)(F)F)O1. The summed E-state index contributed by atoms with van der Waals surface area (Å²) in [6.07, 6.45) is -6.85. The summed E-state index contributed by atoms with van der Waals surface area (Å²) in [6.45, 7) is 3.01. The van der Waals surface area contributed by atoms with Gasteiger partial charge in [0.05, 0.1) is 6.10 Å². The van der Waals surface area contributed by atoms with Crippen molar-refractivity contribution in [1.82, 2.24) is 0 Å². The number of ether oxygens (including phenoxy) is 2. The molecule has 2 atom stereocenters. The van der Waals surface area contributed by atoms with E-state index in [9.17, 15) is 13.2 Å². The Hall–Kier alpha value is -0.590. The van der Waals surface area contributed by atoms with Gasteiger partial charge in [-0.15, -0.1) is 11.3 Å². The largest absolute Gasteiger partial charge is 0.414 e. The lowest BCUT2D eigenvalue weighted by molar-refractivity contribution is -0.356. The first-order valence-electron chi connectivity index (χ1n) is 5.24. The average molecular weight is 266 g/mol. The van der Waals surface area contributed by atoms with Crippen molar-refractivity contribution in [2.45, 2.75) is 44.4 Å². The van der Waals surface area contributed by atoms with Gasteiger partial charge in [-0.2, -0.15) is 13.2 Å². The Kier molecular flexibility index (Phi) is 3.22. The van der Waals surface area contributed by atoms with E-state index in [1.54, 1.807) is 12.1 Å². The van der Waals surface area contributed by atoms with Gasteiger partial charge >= 0.3 is 6.18 Å². The van der Waals surface area contributed by atoms with Crippen LogP contribution in [0.4, 0.5) is 13.2 Å². The first-order chi connectivity index (χ1) is 7.78. The fourth-order valence-electron chi connectivity index (χ4n) is 1.85. The lowest BCUT2D eigenvalue weighted by Gasteiger charge is -2.41. The third kappa shape index (κ3) is 3.00. The molecule has 2 heterocycles. The Morgan fingerprint density at radius 3 is 2.59 bits per heavy atom. The molecule has 0 N–H and O–H groups in total. The van der Waals surface area contributed by atoms with Gasteiger partial charge in [0.2, 0.25) is 0 Å². The molecule has 0 saturated carbocycles. The van der Waals surface area contributed by atoms with Crippen LogP contribution in [0.3, 0.4) is 0 Å². The summed E-state index contributed by atoms with van der Waals surface area (Å²) in [5, 5.41) is 1.82. The van der Waals surface area contributed by atoms with Crippen LogP contribution < -0.4 is 0 Å². The van der Waals surface area contributed by atoms with Crippen molar-refractivity contribution >= 4 is 11.3 Å². The zero-order valence-electron chi connectivity index (χ0n) is 9.45. The van der Waals surface area contributed by atoms with Crippen LogP contribution in [0, 0.1) is 0 Å². The maximum Gasteiger partial charge on any atom is 0.414 e. The summed E-state index contributed by atoms with van der Waals surface area (Å²) in [6, 6.07) is 3.58. The Bertz CT molecular complexity index is 373. The summed E-state index contributed by atoms with van der Waals surface area (Å²) in [7, 11) is 0. The van der Waals surface area contributed by atoms with E-state index in [1.165, 1.54) is 25.2 Å². The number of hydrogen-bond acceptors (Lipinski definition) is 3. The molecule has 1 aliphatic rings. The van der Waals surface area contributed by atoms with Crippen LogP contribution in [0.1, 0.15) is 31.2 Å². The van der Waals surface area contributed by atoms with E-state index in [2.05, 4.69) is 0 Å².